The van der Waals surface area contributed by atoms with Crippen molar-refractivity contribution < 1.29 is 21.1 Å². The van der Waals surface area contributed by atoms with Crippen LogP contribution in [0, 0.1) is 0 Å². The summed E-state index contributed by atoms with van der Waals surface area (Å²) in [6.07, 6.45) is 0. The zero-order valence-corrected chi connectivity index (χ0v) is 26.6. The summed E-state index contributed by atoms with van der Waals surface area (Å²) in [4.78, 5) is 0. The van der Waals surface area contributed by atoms with Crippen molar-refractivity contribution in [2.24, 2.45) is 0 Å². The van der Waals surface area contributed by atoms with Crippen molar-refractivity contribution in [3.63, 3.8) is 0 Å². The first-order chi connectivity index (χ1) is 10.7. The van der Waals surface area contributed by atoms with Crippen LogP contribution in [0.15, 0.2) is 0 Å². The third-order valence-electron chi connectivity index (χ3n) is 4.50. The Balaban J connectivity index is -0.000000411. The van der Waals surface area contributed by atoms with E-state index >= 15 is 0 Å². The summed E-state index contributed by atoms with van der Waals surface area (Å²) in [5, 5.41) is 2.92. The summed E-state index contributed by atoms with van der Waals surface area (Å²) in [6, 6.07) is 0. The molecule has 3 heteroatoms. The molecule has 0 bridgehead atoms. The molecule has 0 heterocycles. The molecule has 0 aromatic heterocycles. The quantitative estimate of drug-likeness (QED) is 0.243. The van der Waals surface area contributed by atoms with E-state index in [0.717, 1.165) is 0 Å². The minimum atomic E-state index is -0.391. The van der Waals surface area contributed by atoms with E-state index in [0.29, 0.717) is 30.9 Å². The molecule has 0 aliphatic heterocycles. The third kappa shape index (κ3) is 12.8. The molecule has 0 amide bonds. The molecule has 0 saturated carbocycles. The van der Waals surface area contributed by atoms with Gasteiger partial charge < -0.3 is 0 Å². The molecule has 170 valence electrons. The van der Waals surface area contributed by atoms with Crippen LogP contribution in [-0.4, -0.2) is 30.9 Å². The van der Waals surface area contributed by atoms with Crippen LogP contribution in [0.25, 0.3) is 0 Å². The Hall–Kier alpha value is 1.55. The number of hydrogen-bond donors (Lipinski definition) is 0. The van der Waals surface area contributed by atoms with E-state index in [9.17, 15) is 0 Å². The molecular weight excluding hydrogens is 545 g/mol. The fraction of sp³-hybridized carbons (Fsp3) is 1.00. The van der Waals surface area contributed by atoms with Gasteiger partial charge in [0.1, 0.15) is 0 Å². The largest absolute Gasteiger partial charge is 0.0703 e. The fourth-order valence-electron chi connectivity index (χ4n) is 6.75. The van der Waals surface area contributed by atoms with Gasteiger partial charge >= 0.3 is 0 Å². The molecule has 0 spiro atoms. The van der Waals surface area contributed by atoms with E-state index in [2.05, 4.69) is 125 Å². The van der Waals surface area contributed by atoms with Crippen LogP contribution in [0.4, 0.5) is 0 Å². The summed E-state index contributed by atoms with van der Waals surface area (Å²) in [5.41, 5.74) is 0. The van der Waals surface area contributed by atoms with Crippen molar-refractivity contribution in [1.82, 2.24) is 0 Å². The second-order valence-electron chi connectivity index (χ2n) is 14.2. The second-order valence-corrected chi connectivity index (χ2v) is 24.8. The fourth-order valence-corrected chi connectivity index (χ4v) is 20.2. The minimum Gasteiger partial charge on any atom is -0.0261 e. The minimum absolute atomic E-state index is 0. The van der Waals surface area contributed by atoms with Gasteiger partial charge in [-0.1, -0.05) is 0 Å². The summed E-state index contributed by atoms with van der Waals surface area (Å²) in [5.74, 6) is 0. The Morgan fingerprint density at radius 1 is 0.259 bits per heavy atom. The molecule has 0 nitrogen and oxygen atoms in total. The Labute approximate surface area is 192 Å². The van der Waals surface area contributed by atoms with E-state index in [4.69, 9.17) is 0 Å². The van der Waals surface area contributed by atoms with Crippen LogP contribution in [-0.2, 0) is 21.1 Å². The van der Waals surface area contributed by atoms with Crippen molar-refractivity contribution in [3.05, 3.63) is 0 Å². The summed E-state index contributed by atoms with van der Waals surface area (Å²) in [7, 11) is -0.782. The van der Waals surface area contributed by atoms with E-state index in [1.54, 1.807) is 0 Å². The molecule has 0 fully saturated rings. The second kappa shape index (κ2) is 10.2. The molecule has 0 N–H and O–H groups in total. The van der Waals surface area contributed by atoms with Crippen molar-refractivity contribution in [3.8, 4) is 0 Å². The van der Waals surface area contributed by atoms with E-state index < -0.39 is 15.8 Å². The maximum Gasteiger partial charge on any atom is 0.0703 e. The van der Waals surface area contributed by atoms with Crippen molar-refractivity contribution in [2.75, 3.05) is 0 Å². The standard InChI is InChI=1S/2C12H27P.Pt/c2*1-10(2,3)13(11(4,5)6)12(7,8)9;/h2*1-9H3;/p+2. The maximum absolute atomic E-state index is 2.40. The predicted octanol–water partition coefficient (Wildman–Crippen LogP) is 9.19. The Morgan fingerprint density at radius 3 is 0.333 bits per heavy atom. The SMILES string of the molecule is CC(C)(C)[PH+](C(C)(C)C)C(C)(C)C.CC(C)(C)[PH+](C(C)(C)C)C(C)(C)C.[Pt]. The van der Waals surface area contributed by atoms with Gasteiger partial charge in [-0.3, -0.25) is 0 Å². The van der Waals surface area contributed by atoms with Crippen LogP contribution in [0.3, 0.4) is 0 Å². The van der Waals surface area contributed by atoms with Crippen LogP contribution in [0.5, 0.6) is 0 Å². The van der Waals surface area contributed by atoms with Crippen LogP contribution in [0.1, 0.15) is 125 Å². The van der Waals surface area contributed by atoms with Gasteiger partial charge in [0, 0.05) is 36.9 Å². The average Bonchev–Trinajstić information content (AvgIpc) is 1.97. The van der Waals surface area contributed by atoms with Crippen LogP contribution >= 0.6 is 15.8 Å². The molecule has 0 aromatic carbocycles. The molecule has 0 aliphatic rings. The monoisotopic (exact) mass is 601 g/mol. The number of rotatable bonds is 0. The molecule has 0 saturated heterocycles. The normalized spacial score (nSPS) is 14.7. The summed E-state index contributed by atoms with van der Waals surface area (Å²) in [6.45, 7) is 43.2. The van der Waals surface area contributed by atoms with E-state index in [1.165, 1.54) is 0 Å². The molecular formula is C24H56P2Pt+2. The zero-order chi connectivity index (χ0) is 22.2. The van der Waals surface area contributed by atoms with E-state index in [1.807, 2.05) is 0 Å². The van der Waals surface area contributed by atoms with Gasteiger partial charge in [-0.15, -0.1) is 0 Å². The first-order valence-corrected chi connectivity index (χ1v) is 13.5. The average molecular weight is 602 g/mol. The van der Waals surface area contributed by atoms with Gasteiger partial charge in [0.05, 0.1) is 30.9 Å². The van der Waals surface area contributed by atoms with Gasteiger partial charge in [-0.05, 0) is 125 Å². The van der Waals surface area contributed by atoms with Crippen molar-refractivity contribution in [2.45, 2.75) is 156 Å². The topological polar surface area (TPSA) is 0 Å². The molecule has 0 atom stereocenters. The predicted molar refractivity (Wildman–Crippen MR) is 135 cm³/mol. The molecule has 0 radical (unpaired) electrons. The van der Waals surface area contributed by atoms with Gasteiger partial charge in [0.2, 0.25) is 0 Å². The first kappa shape index (κ1) is 33.2. The van der Waals surface area contributed by atoms with Crippen molar-refractivity contribution in [1.29, 1.82) is 0 Å². The smallest absolute Gasteiger partial charge is 0.0261 e. The molecule has 0 unspecified atom stereocenters. The Morgan fingerprint density at radius 2 is 0.333 bits per heavy atom. The van der Waals surface area contributed by atoms with Crippen LogP contribution < -0.4 is 0 Å². The molecule has 0 aromatic rings. The first-order valence-electron chi connectivity index (χ1n) is 10.5. The van der Waals surface area contributed by atoms with Gasteiger partial charge in [0.25, 0.3) is 0 Å². The van der Waals surface area contributed by atoms with Crippen LogP contribution in [0.2, 0.25) is 0 Å². The summed E-state index contributed by atoms with van der Waals surface area (Å²) < 4.78 is 0. The third-order valence-corrected chi connectivity index (χ3v) is 13.5. The number of hydrogen-bond acceptors (Lipinski definition) is 0. The van der Waals surface area contributed by atoms with Gasteiger partial charge in [-0.25, -0.2) is 0 Å². The van der Waals surface area contributed by atoms with Gasteiger partial charge in [-0.2, -0.15) is 0 Å². The maximum atomic E-state index is 2.40. The Kier molecular flexibility index (Phi) is 12.6. The van der Waals surface area contributed by atoms with Gasteiger partial charge in [0.15, 0.2) is 0 Å². The van der Waals surface area contributed by atoms with E-state index in [-0.39, 0.29) is 21.1 Å². The van der Waals surface area contributed by atoms with Crippen molar-refractivity contribution >= 4 is 15.8 Å². The zero-order valence-electron chi connectivity index (χ0n) is 22.3. The molecule has 0 aliphatic carbocycles. The Bertz CT molecular complexity index is 304. The summed E-state index contributed by atoms with van der Waals surface area (Å²) >= 11 is 0. The molecule has 0 rings (SSSR count). The molecule has 27 heavy (non-hydrogen) atoms.